The van der Waals surface area contributed by atoms with Crippen molar-refractivity contribution in [1.29, 1.82) is 0 Å². The molecule has 0 amide bonds. The first-order chi connectivity index (χ1) is 11.9. The highest BCUT2D eigenvalue weighted by Gasteiger charge is 2.24. The Labute approximate surface area is 145 Å². The lowest BCUT2D eigenvalue weighted by Gasteiger charge is -2.17. The third-order valence-electron chi connectivity index (χ3n) is 4.01. The van der Waals surface area contributed by atoms with Crippen molar-refractivity contribution in [2.45, 2.75) is 25.3 Å². The van der Waals surface area contributed by atoms with E-state index in [0.29, 0.717) is 29.4 Å². The molecule has 0 fully saturated rings. The number of nitrogens with one attached hydrogen (secondary N) is 1. The van der Waals surface area contributed by atoms with Gasteiger partial charge in [-0.1, -0.05) is 11.2 Å². The van der Waals surface area contributed by atoms with E-state index in [1.807, 2.05) is 19.9 Å². The average molecular weight is 356 g/mol. The van der Waals surface area contributed by atoms with Crippen LogP contribution in [0.3, 0.4) is 0 Å². The second-order valence-corrected chi connectivity index (χ2v) is 7.79. The highest BCUT2D eigenvalue weighted by Crippen LogP contribution is 2.38. The van der Waals surface area contributed by atoms with E-state index in [1.165, 1.54) is 6.07 Å². The number of aryl methyl sites for hydroxylation is 2. The van der Waals surface area contributed by atoms with Crippen molar-refractivity contribution >= 4 is 15.7 Å². The molecule has 0 spiro atoms. The van der Waals surface area contributed by atoms with Crippen LogP contribution in [0.4, 0.5) is 5.69 Å². The van der Waals surface area contributed by atoms with Gasteiger partial charge in [0.2, 0.25) is 0 Å². The first kappa shape index (κ1) is 15.7. The lowest BCUT2D eigenvalue weighted by atomic mass is 10.1. The van der Waals surface area contributed by atoms with Crippen molar-refractivity contribution in [2.75, 3.05) is 4.72 Å². The maximum Gasteiger partial charge on any atom is 0.261 e. The Morgan fingerprint density at radius 2 is 1.84 bits per heavy atom. The van der Waals surface area contributed by atoms with Crippen molar-refractivity contribution in [2.24, 2.45) is 0 Å². The van der Waals surface area contributed by atoms with E-state index in [9.17, 15) is 8.42 Å². The molecule has 0 bridgehead atoms. The van der Waals surface area contributed by atoms with E-state index in [-0.39, 0.29) is 4.90 Å². The molecule has 0 radical (unpaired) electrons. The summed E-state index contributed by atoms with van der Waals surface area (Å²) in [6.07, 6.45) is 1.58. The number of nitrogens with zero attached hydrogens (tertiary/aromatic N) is 1. The minimum Gasteiger partial charge on any atom is -0.488 e. The van der Waals surface area contributed by atoms with Gasteiger partial charge >= 0.3 is 0 Å². The van der Waals surface area contributed by atoms with Gasteiger partial charge in [-0.3, -0.25) is 4.72 Å². The normalized spacial score (nSPS) is 12.9. The first-order valence-electron chi connectivity index (χ1n) is 7.74. The number of benzene rings is 2. The molecule has 6 nitrogen and oxygen atoms in total. The maximum atomic E-state index is 12.8. The van der Waals surface area contributed by atoms with Gasteiger partial charge < -0.3 is 9.26 Å². The van der Waals surface area contributed by atoms with E-state index in [2.05, 4.69) is 9.88 Å². The Kier molecular flexibility index (Phi) is 3.54. The monoisotopic (exact) mass is 356 g/mol. The predicted molar refractivity (Wildman–Crippen MR) is 93.0 cm³/mol. The number of sulfonamides is 1. The summed E-state index contributed by atoms with van der Waals surface area (Å²) in [6.45, 7) is 4.21. The fraction of sp³-hybridized carbons (Fsp3) is 0.167. The molecular formula is C18H16N2O4S. The van der Waals surface area contributed by atoms with Crippen LogP contribution in [0.1, 0.15) is 16.7 Å². The molecule has 2 aromatic carbocycles. The predicted octanol–water partition coefficient (Wildman–Crippen LogP) is 3.65. The molecule has 1 aromatic heterocycles. The van der Waals surface area contributed by atoms with E-state index in [0.717, 1.165) is 16.7 Å². The van der Waals surface area contributed by atoms with Gasteiger partial charge in [-0.15, -0.1) is 0 Å². The topological polar surface area (TPSA) is 81.4 Å². The summed E-state index contributed by atoms with van der Waals surface area (Å²) in [7, 11) is -3.73. The first-order valence-corrected chi connectivity index (χ1v) is 9.22. The molecule has 0 saturated heterocycles. The number of anilines is 1. The molecule has 3 aromatic rings. The Balaban J connectivity index is 1.73. The quantitative estimate of drug-likeness (QED) is 0.775. The molecule has 0 saturated carbocycles. The maximum absolute atomic E-state index is 12.8. The summed E-state index contributed by atoms with van der Waals surface area (Å²) in [4.78, 5) is 0.137. The zero-order valence-corrected chi connectivity index (χ0v) is 14.6. The minimum atomic E-state index is -3.73. The fourth-order valence-electron chi connectivity index (χ4n) is 2.97. The molecule has 25 heavy (non-hydrogen) atoms. The summed E-state index contributed by atoms with van der Waals surface area (Å²) in [5.41, 5.74) is 3.89. The number of hydrogen-bond acceptors (Lipinski definition) is 5. The molecule has 1 aliphatic rings. The Morgan fingerprint density at radius 1 is 1.08 bits per heavy atom. The minimum absolute atomic E-state index is 0.137. The lowest BCUT2D eigenvalue weighted by Crippen LogP contribution is -2.14. The SMILES string of the molecule is Cc1cc(C)cc(NS(=O)(=O)c2ccc3c(c2)-c2oncc2CO3)c1. The van der Waals surface area contributed by atoms with Crippen molar-refractivity contribution in [3.8, 4) is 17.1 Å². The van der Waals surface area contributed by atoms with Crippen molar-refractivity contribution in [3.05, 3.63) is 59.3 Å². The molecular weight excluding hydrogens is 340 g/mol. The van der Waals surface area contributed by atoms with Crippen LogP contribution in [0.15, 0.2) is 52.0 Å². The van der Waals surface area contributed by atoms with Crippen LogP contribution < -0.4 is 9.46 Å². The second-order valence-electron chi connectivity index (χ2n) is 6.11. The molecule has 1 N–H and O–H groups in total. The standard InChI is InChI=1S/C18H16N2O4S/c1-11-5-12(2)7-14(6-11)20-25(21,22)15-3-4-17-16(8-15)18-13(10-23-17)9-19-24-18/h3-9,20H,10H2,1-2H3. The molecule has 2 heterocycles. The molecule has 7 heteroatoms. The van der Waals surface area contributed by atoms with Gasteiger partial charge in [0.1, 0.15) is 12.4 Å². The zero-order valence-electron chi connectivity index (χ0n) is 13.7. The van der Waals surface area contributed by atoms with E-state index in [1.54, 1.807) is 30.5 Å². The Hall–Kier alpha value is -2.80. The van der Waals surface area contributed by atoms with Gasteiger partial charge in [-0.2, -0.15) is 0 Å². The summed E-state index contributed by atoms with van der Waals surface area (Å²) < 4.78 is 39.0. The van der Waals surface area contributed by atoms with Crippen LogP contribution >= 0.6 is 0 Å². The number of aromatic nitrogens is 1. The molecule has 0 atom stereocenters. The van der Waals surface area contributed by atoms with Gasteiger partial charge in [-0.25, -0.2) is 8.42 Å². The molecule has 0 aliphatic carbocycles. The zero-order chi connectivity index (χ0) is 17.6. The van der Waals surface area contributed by atoms with Crippen molar-refractivity contribution in [3.63, 3.8) is 0 Å². The summed E-state index contributed by atoms with van der Waals surface area (Å²) >= 11 is 0. The second kappa shape index (κ2) is 5.63. The third-order valence-corrected chi connectivity index (χ3v) is 5.39. The van der Waals surface area contributed by atoms with E-state index in [4.69, 9.17) is 9.26 Å². The van der Waals surface area contributed by atoms with Gasteiger partial charge in [0.15, 0.2) is 5.76 Å². The van der Waals surface area contributed by atoms with Gasteiger partial charge in [0, 0.05) is 5.69 Å². The molecule has 128 valence electrons. The molecule has 0 unspecified atom stereocenters. The van der Waals surface area contributed by atoms with Crippen molar-refractivity contribution in [1.82, 2.24) is 5.16 Å². The Bertz CT molecular complexity index is 1050. The highest BCUT2D eigenvalue weighted by atomic mass is 32.2. The smallest absolute Gasteiger partial charge is 0.261 e. The lowest BCUT2D eigenvalue weighted by molar-refractivity contribution is 0.297. The number of fused-ring (bicyclic) bond motifs is 3. The number of hydrogen-bond donors (Lipinski definition) is 1. The van der Waals surface area contributed by atoms with E-state index < -0.39 is 10.0 Å². The highest BCUT2D eigenvalue weighted by molar-refractivity contribution is 7.92. The third kappa shape index (κ3) is 2.87. The Morgan fingerprint density at radius 3 is 2.60 bits per heavy atom. The van der Waals surface area contributed by atoms with Crippen LogP contribution in [0, 0.1) is 13.8 Å². The molecule has 1 aliphatic heterocycles. The summed E-state index contributed by atoms with van der Waals surface area (Å²) in [6, 6.07) is 10.3. The largest absolute Gasteiger partial charge is 0.488 e. The number of rotatable bonds is 3. The van der Waals surface area contributed by atoms with Gasteiger partial charge in [0.25, 0.3) is 10.0 Å². The summed E-state index contributed by atoms with van der Waals surface area (Å²) in [5.74, 6) is 1.12. The van der Waals surface area contributed by atoms with Gasteiger partial charge in [-0.05, 0) is 55.3 Å². The van der Waals surface area contributed by atoms with Crippen LogP contribution in [0.25, 0.3) is 11.3 Å². The van der Waals surface area contributed by atoms with Crippen LogP contribution in [-0.2, 0) is 16.6 Å². The van der Waals surface area contributed by atoms with Gasteiger partial charge in [0.05, 0.1) is 22.2 Å². The molecule has 4 rings (SSSR count). The van der Waals surface area contributed by atoms with E-state index >= 15 is 0 Å². The van der Waals surface area contributed by atoms with Crippen LogP contribution in [0.2, 0.25) is 0 Å². The van der Waals surface area contributed by atoms with Crippen molar-refractivity contribution < 1.29 is 17.7 Å². The fourth-order valence-corrected chi connectivity index (χ4v) is 4.03. The van der Waals surface area contributed by atoms with Crippen LogP contribution in [-0.4, -0.2) is 13.6 Å². The average Bonchev–Trinajstić information content (AvgIpc) is 3.02. The number of ether oxygens (including phenoxy) is 1. The van der Waals surface area contributed by atoms with Crippen LogP contribution in [0.5, 0.6) is 5.75 Å². The summed E-state index contributed by atoms with van der Waals surface area (Å²) in [5, 5.41) is 3.76.